The molecule has 4 heteroatoms. The molecule has 1 N–H and O–H groups in total. The lowest BCUT2D eigenvalue weighted by Gasteiger charge is -2.23. The van der Waals surface area contributed by atoms with E-state index in [1.807, 2.05) is 32.3 Å². The van der Waals surface area contributed by atoms with Gasteiger partial charge in [0.25, 0.3) is 0 Å². The van der Waals surface area contributed by atoms with Crippen molar-refractivity contribution in [2.45, 2.75) is 12.8 Å². The van der Waals surface area contributed by atoms with Gasteiger partial charge in [-0.25, -0.2) is 0 Å². The van der Waals surface area contributed by atoms with Gasteiger partial charge >= 0.3 is 5.97 Å². The predicted molar refractivity (Wildman–Crippen MR) is 77.4 cm³/mol. The van der Waals surface area contributed by atoms with E-state index in [1.165, 1.54) is 5.56 Å². The van der Waals surface area contributed by atoms with Crippen molar-refractivity contribution in [3.8, 4) is 0 Å². The van der Waals surface area contributed by atoms with Crippen LogP contribution in [0.1, 0.15) is 12.0 Å². The summed E-state index contributed by atoms with van der Waals surface area (Å²) in [6.07, 6.45) is 1.18. The summed E-state index contributed by atoms with van der Waals surface area (Å²) in [6.45, 7) is 3.39. The summed E-state index contributed by atoms with van der Waals surface area (Å²) in [5.74, 6) is -0.727. The molecule has 0 fully saturated rings. The monoisotopic (exact) mass is 264 g/mol. The van der Waals surface area contributed by atoms with E-state index < -0.39 is 5.97 Å². The van der Waals surface area contributed by atoms with E-state index >= 15 is 0 Å². The SMILES string of the molecule is CN(C)CCN(CCC(=O)O)CCc1ccccc1. The summed E-state index contributed by atoms with van der Waals surface area (Å²) in [5.41, 5.74) is 1.30. The smallest absolute Gasteiger partial charge is 0.304 e. The summed E-state index contributed by atoms with van der Waals surface area (Å²) in [7, 11) is 4.07. The zero-order chi connectivity index (χ0) is 14.1. The second kappa shape index (κ2) is 8.67. The van der Waals surface area contributed by atoms with Crippen LogP contribution in [0.15, 0.2) is 30.3 Å². The molecule has 0 saturated carbocycles. The average Bonchev–Trinajstić information content (AvgIpc) is 2.38. The van der Waals surface area contributed by atoms with Gasteiger partial charge in [-0.3, -0.25) is 4.79 Å². The maximum absolute atomic E-state index is 10.7. The van der Waals surface area contributed by atoms with Crippen molar-refractivity contribution in [3.05, 3.63) is 35.9 Å². The molecular formula is C15H24N2O2. The maximum atomic E-state index is 10.7. The van der Waals surface area contributed by atoms with Gasteiger partial charge in [0.2, 0.25) is 0 Å². The van der Waals surface area contributed by atoms with Gasteiger partial charge in [-0.1, -0.05) is 30.3 Å². The molecule has 0 aliphatic carbocycles. The summed E-state index contributed by atoms with van der Waals surface area (Å²) in [6, 6.07) is 10.3. The van der Waals surface area contributed by atoms with Crippen LogP contribution < -0.4 is 0 Å². The van der Waals surface area contributed by atoms with E-state index in [9.17, 15) is 4.79 Å². The molecule has 4 nitrogen and oxygen atoms in total. The Morgan fingerprint density at radius 2 is 1.74 bits per heavy atom. The van der Waals surface area contributed by atoms with E-state index in [-0.39, 0.29) is 6.42 Å². The van der Waals surface area contributed by atoms with Crippen LogP contribution in [0.4, 0.5) is 0 Å². The minimum absolute atomic E-state index is 0.211. The van der Waals surface area contributed by atoms with Gasteiger partial charge in [0.05, 0.1) is 6.42 Å². The lowest BCUT2D eigenvalue weighted by atomic mass is 10.1. The molecule has 0 atom stereocenters. The molecule has 0 unspecified atom stereocenters. The van der Waals surface area contributed by atoms with Gasteiger partial charge in [0, 0.05) is 26.2 Å². The molecule has 1 rings (SSSR count). The van der Waals surface area contributed by atoms with Crippen molar-refractivity contribution in [1.82, 2.24) is 9.80 Å². The third-order valence-corrected chi connectivity index (χ3v) is 3.06. The van der Waals surface area contributed by atoms with E-state index in [4.69, 9.17) is 5.11 Å². The molecule has 0 heterocycles. The van der Waals surface area contributed by atoms with Crippen LogP contribution in [0.5, 0.6) is 0 Å². The Morgan fingerprint density at radius 3 is 2.32 bits per heavy atom. The standard InChI is InChI=1S/C15H24N2O2/c1-16(2)12-13-17(11-9-15(18)19)10-8-14-6-4-3-5-7-14/h3-7H,8-13H2,1-2H3,(H,18,19). The molecule has 1 aromatic rings. The molecule has 1 aromatic carbocycles. The third-order valence-electron chi connectivity index (χ3n) is 3.06. The molecule has 106 valence electrons. The highest BCUT2D eigenvalue weighted by Gasteiger charge is 2.08. The lowest BCUT2D eigenvalue weighted by Crippen LogP contribution is -2.34. The number of carbonyl (C=O) groups is 1. The van der Waals surface area contributed by atoms with Gasteiger partial charge in [-0.15, -0.1) is 0 Å². The number of benzene rings is 1. The molecule has 0 aliphatic rings. The molecule has 0 amide bonds. The van der Waals surface area contributed by atoms with Gasteiger partial charge in [0.1, 0.15) is 0 Å². The first-order valence-electron chi connectivity index (χ1n) is 6.70. The quantitative estimate of drug-likeness (QED) is 0.735. The second-order valence-electron chi connectivity index (χ2n) is 5.02. The molecular weight excluding hydrogens is 240 g/mol. The topological polar surface area (TPSA) is 43.8 Å². The van der Waals surface area contributed by atoms with Gasteiger partial charge in [-0.05, 0) is 26.1 Å². The zero-order valence-corrected chi connectivity index (χ0v) is 11.9. The highest BCUT2D eigenvalue weighted by Crippen LogP contribution is 2.02. The van der Waals surface area contributed by atoms with E-state index in [1.54, 1.807) is 0 Å². The first-order valence-corrected chi connectivity index (χ1v) is 6.70. The average molecular weight is 264 g/mol. The van der Waals surface area contributed by atoms with Crippen LogP contribution in [0, 0.1) is 0 Å². The van der Waals surface area contributed by atoms with Crippen molar-refractivity contribution < 1.29 is 9.90 Å². The normalized spacial score (nSPS) is 11.2. The Bertz CT molecular complexity index is 366. The summed E-state index contributed by atoms with van der Waals surface area (Å²) in [5, 5.41) is 8.79. The first kappa shape index (κ1) is 15.7. The number of hydrogen-bond acceptors (Lipinski definition) is 3. The fourth-order valence-corrected chi connectivity index (χ4v) is 1.86. The minimum atomic E-state index is -0.727. The Kier molecular flexibility index (Phi) is 7.15. The highest BCUT2D eigenvalue weighted by molar-refractivity contribution is 5.66. The van der Waals surface area contributed by atoms with Crippen LogP contribution in [0.2, 0.25) is 0 Å². The number of aliphatic carboxylic acids is 1. The third kappa shape index (κ3) is 7.59. The zero-order valence-electron chi connectivity index (χ0n) is 11.9. The minimum Gasteiger partial charge on any atom is -0.481 e. The van der Waals surface area contributed by atoms with Crippen molar-refractivity contribution in [1.29, 1.82) is 0 Å². The number of likely N-dealkylation sites (N-methyl/N-ethyl adjacent to an activating group) is 1. The number of carboxylic acids is 1. The highest BCUT2D eigenvalue weighted by atomic mass is 16.4. The Morgan fingerprint density at radius 1 is 1.05 bits per heavy atom. The largest absolute Gasteiger partial charge is 0.481 e. The summed E-state index contributed by atoms with van der Waals surface area (Å²) in [4.78, 5) is 15.0. The van der Waals surface area contributed by atoms with E-state index in [2.05, 4.69) is 21.9 Å². The summed E-state index contributed by atoms with van der Waals surface area (Å²) < 4.78 is 0. The second-order valence-corrected chi connectivity index (χ2v) is 5.02. The fourth-order valence-electron chi connectivity index (χ4n) is 1.86. The van der Waals surface area contributed by atoms with Crippen LogP contribution in [0.3, 0.4) is 0 Å². The van der Waals surface area contributed by atoms with Crippen LogP contribution in [-0.4, -0.2) is 61.2 Å². The van der Waals surface area contributed by atoms with Gasteiger partial charge in [0.15, 0.2) is 0 Å². The van der Waals surface area contributed by atoms with Crippen molar-refractivity contribution >= 4 is 5.97 Å². The molecule has 19 heavy (non-hydrogen) atoms. The van der Waals surface area contributed by atoms with Crippen molar-refractivity contribution in [3.63, 3.8) is 0 Å². The number of hydrogen-bond donors (Lipinski definition) is 1. The predicted octanol–water partition coefficient (Wildman–Crippen LogP) is 1.57. The molecule has 0 aliphatic heterocycles. The molecule has 0 radical (unpaired) electrons. The van der Waals surface area contributed by atoms with Crippen LogP contribution in [0.25, 0.3) is 0 Å². The fraction of sp³-hybridized carbons (Fsp3) is 0.533. The Balaban J connectivity index is 2.41. The molecule has 0 bridgehead atoms. The maximum Gasteiger partial charge on any atom is 0.304 e. The van der Waals surface area contributed by atoms with Crippen molar-refractivity contribution in [2.24, 2.45) is 0 Å². The van der Waals surface area contributed by atoms with E-state index in [0.717, 1.165) is 26.1 Å². The van der Waals surface area contributed by atoms with Crippen LogP contribution >= 0.6 is 0 Å². The molecule has 0 saturated heterocycles. The number of nitrogens with zero attached hydrogens (tertiary/aromatic N) is 2. The lowest BCUT2D eigenvalue weighted by molar-refractivity contribution is -0.137. The number of rotatable bonds is 9. The van der Waals surface area contributed by atoms with Crippen molar-refractivity contribution in [2.75, 3.05) is 40.3 Å². The Hall–Kier alpha value is -1.39. The van der Waals surface area contributed by atoms with Gasteiger partial charge in [-0.2, -0.15) is 0 Å². The molecule has 0 aromatic heterocycles. The Labute approximate surface area is 115 Å². The van der Waals surface area contributed by atoms with E-state index in [0.29, 0.717) is 6.54 Å². The summed E-state index contributed by atoms with van der Waals surface area (Å²) >= 11 is 0. The first-order chi connectivity index (χ1) is 9.08. The van der Waals surface area contributed by atoms with Crippen LogP contribution in [-0.2, 0) is 11.2 Å². The molecule has 0 spiro atoms. The van der Waals surface area contributed by atoms with Gasteiger partial charge < -0.3 is 14.9 Å². The number of carboxylic acid groups (broad SMARTS) is 1.